The quantitative estimate of drug-likeness (QED) is 0.546. The zero-order valence-electron chi connectivity index (χ0n) is 6.27. The molecule has 1 atom stereocenters. The molecule has 0 aromatic carbocycles. The summed E-state index contributed by atoms with van der Waals surface area (Å²) in [6.45, 7) is 1.85. The van der Waals surface area contributed by atoms with Gasteiger partial charge in [0.15, 0.2) is 0 Å². The molecule has 1 fully saturated rings. The zero-order valence-corrected chi connectivity index (χ0v) is 7.86. The van der Waals surface area contributed by atoms with Crippen molar-refractivity contribution in [3.63, 3.8) is 0 Å². The van der Waals surface area contributed by atoms with Gasteiger partial charge < -0.3 is 10.1 Å². The van der Waals surface area contributed by atoms with Crippen LogP contribution in [0.3, 0.4) is 0 Å². The summed E-state index contributed by atoms with van der Waals surface area (Å²) in [6, 6.07) is 0. The topological polar surface area (TPSA) is 21.3 Å². The fourth-order valence-corrected chi connectivity index (χ4v) is 1.77. The van der Waals surface area contributed by atoms with Crippen LogP contribution in [-0.4, -0.2) is 25.2 Å². The SMILES string of the molecule is CNC(Br)C1CCOCC1. The Morgan fingerprint density at radius 1 is 1.50 bits per heavy atom. The molecular formula is C7H14BrNO. The molecule has 0 bridgehead atoms. The van der Waals surface area contributed by atoms with Crippen LogP contribution < -0.4 is 5.32 Å². The Morgan fingerprint density at radius 3 is 2.60 bits per heavy atom. The lowest BCUT2D eigenvalue weighted by molar-refractivity contribution is 0.0644. The van der Waals surface area contributed by atoms with Crippen LogP contribution in [0.25, 0.3) is 0 Å². The Balaban J connectivity index is 2.24. The Kier molecular flexibility index (Phi) is 3.66. The lowest BCUT2D eigenvalue weighted by Gasteiger charge is -2.25. The van der Waals surface area contributed by atoms with Gasteiger partial charge in [0.1, 0.15) is 0 Å². The van der Waals surface area contributed by atoms with E-state index in [4.69, 9.17) is 4.74 Å². The molecule has 0 spiro atoms. The number of hydrogen-bond acceptors (Lipinski definition) is 2. The average Bonchev–Trinajstić information content (AvgIpc) is 2.05. The smallest absolute Gasteiger partial charge is 0.0658 e. The zero-order chi connectivity index (χ0) is 7.40. The summed E-state index contributed by atoms with van der Waals surface area (Å²) in [5, 5.41) is 3.20. The summed E-state index contributed by atoms with van der Waals surface area (Å²) in [6.07, 6.45) is 2.35. The summed E-state index contributed by atoms with van der Waals surface area (Å²) in [5.41, 5.74) is 0. The van der Waals surface area contributed by atoms with Crippen molar-refractivity contribution in [2.45, 2.75) is 17.8 Å². The maximum Gasteiger partial charge on any atom is 0.0658 e. The van der Waals surface area contributed by atoms with Crippen molar-refractivity contribution in [2.75, 3.05) is 20.3 Å². The summed E-state index contributed by atoms with van der Waals surface area (Å²) in [5.74, 6) is 0.749. The van der Waals surface area contributed by atoms with Crippen LogP contribution in [0, 0.1) is 5.92 Å². The van der Waals surface area contributed by atoms with Crippen molar-refractivity contribution < 1.29 is 4.74 Å². The van der Waals surface area contributed by atoms with E-state index in [0.29, 0.717) is 4.95 Å². The second-order valence-electron chi connectivity index (χ2n) is 2.64. The maximum absolute atomic E-state index is 5.25. The van der Waals surface area contributed by atoms with Gasteiger partial charge in [-0.05, 0) is 25.8 Å². The van der Waals surface area contributed by atoms with Gasteiger partial charge in [-0.15, -0.1) is 0 Å². The van der Waals surface area contributed by atoms with Crippen molar-refractivity contribution in [2.24, 2.45) is 5.92 Å². The van der Waals surface area contributed by atoms with Gasteiger partial charge in [0, 0.05) is 13.2 Å². The van der Waals surface area contributed by atoms with E-state index in [9.17, 15) is 0 Å². The first-order valence-electron chi connectivity index (χ1n) is 3.73. The first kappa shape index (κ1) is 8.50. The Bertz CT molecular complexity index is 93.6. The Morgan fingerprint density at radius 2 is 2.10 bits per heavy atom. The van der Waals surface area contributed by atoms with E-state index in [-0.39, 0.29) is 0 Å². The molecule has 1 aliphatic heterocycles. The van der Waals surface area contributed by atoms with E-state index >= 15 is 0 Å². The van der Waals surface area contributed by atoms with Crippen molar-refractivity contribution in [3.05, 3.63) is 0 Å². The lowest BCUT2D eigenvalue weighted by Crippen LogP contribution is -2.31. The molecular weight excluding hydrogens is 194 g/mol. The second-order valence-corrected chi connectivity index (χ2v) is 3.63. The highest BCUT2D eigenvalue weighted by Gasteiger charge is 2.19. The predicted octanol–water partition coefficient (Wildman–Crippen LogP) is 1.35. The van der Waals surface area contributed by atoms with Gasteiger partial charge in [-0.2, -0.15) is 0 Å². The summed E-state index contributed by atoms with van der Waals surface area (Å²) in [7, 11) is 1.98. The van der Waals surface area contributed by atoms with E-state index in [2.05, 4.69) is 21.2 Å². The molecule has 1 aliphatic rings. The van der Waals surface area contributed by atoms with Gasteiger partial charge in [-0.25, -0.2) is 0 Å². The normalized spacial score (nSPS) is 24.6. The van der Waals surface area contributed by atoms with Crippen molar-refractivity contribution >= 4 is 15.9 Å². The molecule has 0 aromatic heterocycles. The molecule has 10 heavy (non-hydrogen) atoms. The lowest BCUT2D eigenvalue weighted by atomic mass is 10.0. The number of alkyl halides is 1. The van der Waals surface area contributed by atoms with Crippen LogP contribution in [0.2, 0.25) is 0 Å². The third-order valence-electron chi connectivity index (χ3n) is 1.96. The van der Waals surface area contributed by atoms with E-state index in [0.717, 1.165) is 19.1 Å². The molecule has 60 valence electrons. The van der Waals surface area contributed by atoms with Crippen LogP contribution in [-0.2, 0) is 4.74 Å². The number of rotatable bonds is 2. The van der Waals surface area contributed by atoms with E-state index in [1.807, 2.05) is 7.05 Å². The highest BCUT2D eigenvalue weighted by Crippen LogP contribution is 2.21. The molecule has 0 aromatic rings. The fourth-order valence-electron chi connectivity index (χ4n) is 1.24. The number of hydrogen-bond donors (Lipinski definition) is 1. The largest absolute Gasteiger partial charge is 0.381 e. The Labute approximate surface area is 70.5 Å². The van der Waals surface area contributed by atoms with Gasteiger partial charge in [0.05, 0.1) is 4.95 Å². The minimum absolute atomic E-state index is 0.469. The molecule has 1 rings (SSSR count). The van der Waals surface area contributed by atoms with E-state index in [1.54, 1.807) is 0 Å². The minimum Gasteiger partial charge on any atom is -0.381 e. The monoisotopic (exact) mass is 207 g/mol. The van der Waals surface area contributed by atoms with Gasteiger partial charge in [-0.3, -0.25) is 0 Å². The molecule has 1 unspecified atom stereocenters. The van der Waals surface area contributed by atoms with Crippen molar-refractivity contribution in [1.29, 1.82) is 0 Å². The average molecular weight is 208 g/mol. The molecule has 2 nitrogen and oxygen atoms in total. The van der Waals surface area contributed by atoms with Crippen molar-refractivity contribution in [3.8, 4) is 0 Å². The second kappa shape index (κ2) is 4.31. The fraction of sp³-hybridized carbons (Fsp3) is 1.00. The molecule has 0 radical (unpaired) electrons. The third kappa shape index (κ3) is 2.22. The van der Waals surface area contributed by atoms with Gasteiger partial charge in [0.2, 0.25) is 0 Å². The molecule has 3 heteroatoms. The van der Waals surface area contributed by atoms with Crippen molar-refractivity contribution in [1.82, 2.24) is 5.32 Å². The standard InChI is InChI=1S/C7H14BrNO/c1-9-7(8)6-2-4-10-5-3-6/h6-7,9H,2-5H2,1H3. The number of ether oxygens (including phenoxy) is 1. The summed E-state index contributed by atoms with van der Waals surface area (Å²) < 4.78 is 5.25. The van der Waals surface area contributed by atoms with Crippen LogP contribution in [0.5, 0.6) is 0 Å². The van der Waals surface area contributed by atoms with Gasteiger partial charge in [0.25, 0.3) is 0 Å². The van der Waals surface area contributed by atoms with E-state index in [1.165, 1.54) is 12.8 Å². The Hall–Kier alpha value is 0.400. The molecule has 0 aliphatic carbocycles. The predicted molar refractivity (Wildman–Crippen MR) is 45.3 cm³/mol. The summed E-state index contributed by atoms with van der Waals surface area (Å²) in [4.78, 5) is 0.469. The number of halogens is 1. The van der Waals surface area contributed by atoms with E-state index < -0.39 is 0 Å². The molecule has 1 saturated heterocycles. The first-order chi connectivity index (χ1) is 4.84. The van der Waals surface area contributed by atoms with Crippen LogP contribution >= 0.6 is 15.9 Å². The molecule has 1 N–H and O–H groups in total. The van der Waals surface area contributed by atoms with Crippen LogP contribution in [0.1, 0.15) is 12.8 Å². The molecule has 1 heterocycles. The minimum atomic E-state index is 0.469. The van der Waals surface area contributed by atoms with Gasteiger partial charge in [-0.1, -0.05) is 15.9 Å². The van der Waals surface area contributed by atoms with Crippen LogP contribution in [0.4, 0.5) is 0 Å². The highest BCUT2D eigenvalue weighted by molar-refractivity contribution is 9.09. The summed E-state index contributed by atoms with van der Waals surface area (Å²) >= 11 is 3.57. The molecule has 0 saturated carbocycles. The molecule has 0 amide bonds. The first-order valence-corrected chi connectivity index (χ1v) is 4.65. The van der Waals surface area contributed by atoms with Crippen LogP contribution in [0.15, 0.2) is 0 Å². The highest BCUT2D eigenvalue weighted by atomic mass is 79.9. The maximum atomic E-state index is 5.25. The third-order valence-corrected chi connectivity index (χ3v) is 3.16. The number of nitrogens with one attached hydrogen (secondary N) is 1. The van der Waals surface area contributed by atoms with Gasteiger partial charge >= 0.3 is 0 Å².